The highest BCUT2D eigenvalue weighted by molar-refractivity contribution is 6.09. The van der Waals surface area contributed by atoms with Crippen LogP contribution < -0.4 is 14.5 Å². The topological polar surface area (TPSA) is 33.5 Å². The lowest BCUT2D eigenvalue weighted by molar-refractivity contribution is 0.483. The summed E-state index contributed by atoms with van der Waals surface area (Å²) in [6.45, 7) is 23.7. The van der Waals surface area contributed by atoms with E-state index in [1.54, 1.807) is 0 Å². The number of fused-ring (bicyclic) bond motifs is 4. The predicted octanol–water partition coefficient (Wildman–Crippen LogP) is 16.5. The number of para-hydroxylation sites is 1. The second-order valence-corrected chi connectivity index (χ2v) is 21.5. The fourth-order valence-corrected chi connectivity index (χ4v) is 9.81. The Morgan fingerprint density at radius 1 is 0.403 bits per heavy atom. The monoisotopic (exact) mass is 878 g/mol. The zero-order valence-corrected chi connectivity index (χ0v) is 40.7. The van der Waals surface area contributed by atoms with Crippen molar-refractivity contribution >= 4 is 44.6 Å². The Balaban J connectivity index is 1.03. The molecule has 0 radical (unpaired) electrons. The van der Waals surface area contributed by atoms with Gasteiger partial charge < -0.3 is 14.5 Å². The molecule has 336 valence electrons. The van der Waals surface area contributed by atoms with Crippen LogP contribution >= 0.6 is 0 Å². The molecule has 10 rings (SSSR count). The molecule has 0 spiro atoms. The quantitative estimate of drug-likeness (QED) is 0.145. The molecule has 67 heavy (non-hydrogen) atoms. The van der Waals surface area contributed by atoms with E-state index in [4.69, 9.17) is 9.72 Å². The number of hydrogen-bond donors (Lipinski definition) is 0. The third-order valence-electron chi connectivity index (χ3n) is 14.2. The van der Waals surface area contributed by atoms with Crippen molar-refractivity contribution in [1.82, 2.24) is 9.55 Å². The van der Waals surface area contributed by atoms with Crippen molar-refractivity contribution in [1.29, 1.82) is 0 Å². The smallest absolute Gasteiger partial charge is 0.137 e. The molecule has 0 aliphatic carbocycles. The van der Waals surface area contributed by atoms with Crippen LogP contribution in [0.1, 0.15) is 103 Å². The molecule has 1 aliphatic rings. The van der Waals surface area contributed by atoms with E-state index in [1.807, 2.05) is 6.20 Å². The molecule has 0 amide bonds. The van der Waals surface area contributed by atoms with Gasteiger partial charge in [0.05, 0.1) is 22.4 Å². The van der Waals surface area contributed by atoms with Crippen molar-refractivity contribution in [3.63, 3.8) is 0 Å². The third kappa shape index (κ3) is 8.05. The normalized spacial score (nSPS) is 13.4. The molecule has 2 aromatic heterocycles. The van der Waals surface area contributed by atoms with Gasteiger partial charge in [0.15, 0.2) is 0 Å². The van der Waals surface area contributed by atoms with Gasteiger partial charge in [-0.2, -0.15) is 0 Å². The molecular weight excluding hydrogens is 817 g/mol. The first-order valence-electron chi connectivity index (χ1n) is 23.7. The van der Waals surface area contributed by atoms with Gasteiger partial charge in [0.2, 0.25) is 0 Å². The van der Waals surface area contributed by atoms with Gasteiger partial charge in [-0.3, -0.25) is 4.57 Å². The van der Waals surface area contributed by atoms with E-state index in [0.717, 1.165) is 39.4 Å². The lowest BCUT2D eigenvalue weighted by atomic mass is 9.75. The fraction of sp³-hybridized carbons (Fsp3) is 0.242. The summed E-state index contributed by atoms with van der Waals surface area (Å²) < 4.78 is 9.14. The summed E-state index contributed by atoms with van der Waals surface area (Å²) in [7, 11) is 0. The lowest BCUT2D eigenvalue weighted by Gasteiger charge is -2.31. The molecule has 0 bridgehead atoms. The molecule has 0 atom stereocenters. The van der Waals surface area contributed by atoms with Crippen molar-refractivity contribution in [2.24, 2.45) is 0 Å². The summed E-state index contributed by atoms with van der Waals surface area (Å²) in [6, 6.07) is 63.8. The largest absolute Gasteiger partial charge is 0.457 e. The van der Waals surface area contributed by atoms with Crippen molar-refractivity contribution < 1.29 is 4.74 Å². The van der Waals surface area contributed by atoms with Gasteiger partial charge in [-0.25, -0.2) is 4.98 Å². The predicted molar refractivity (Wildman–Crippen MR) is 282 cm³/mol. The van der Waals surface area contributed by atoms with E-state index >= 15 is 0 Å². The van der Waals surface area contributed by atoms with Crippen LogP contribution in [0, 0.1) is 0 Å². The van der Waals surface area contributed by atoms with Crippen LogP contribution in [-0.4, -0.2) is 16.2 Å². The zero-order valence-electron chi connectivity index (χ0n) is 40.7. The Kier molecular flexibility index (Phi) is 10.7. The van der Waals surface area contributed by atoms with Crippen LogP contribution in [0.5, 0.6) is 11.5 Å². The molecule has 0 unspecified atom stereocenters. The van der Waals surface area contributed by atoms with Crippen molar-refractivity contribution in [3.05, 3.63) is 216 Å². The van der Waals surface area contributed by atoms with Gasteiger partial charge in [0.25, 0.3) is 0 Å². The minimum absolute atomic E-state index is 0.0197. The molecule has 0 saturated heterocycles. The summed E-state index contributed by atoms with van der Waals surface area (Å²) in [5.74, 6) is 2.42. The molecule has 1 aliphatic heterocycles. The van der Waals surface area contributed by atoms with Crippen LogP contribution in [0.25, 0.3) is 27.6 Å². The van der Waals surface area contributed by atoms with Crippen LogP contribution in [0.2, 0.25) is 0 Å². The van der Waals surface area contributed by atoms with Crippen molar-refractivity contribution in [2.75, 3.05) is 16.5 Å². The number of anilines is 4. The van der Waals surface area contributed by atoms with E-state index in [2.05, 4.69) is 260 Å². The Morgan fingerprint density at radius 2 is 1.01 bits per heavy atom. The molecule has 0 N–H and O–H groups in total. The van der Waals surface area contributed by atoms with Gasteiger partial charge >= 0.3 is 0 Å². The van der Waals surface area contributed by atoms with Crippen molar-refractivity contribution in [2.45, 2.75) is 90.9 Å². The molecule has 5 nitrogen and oxygen atoms in total. The van der Waals surface area contributed by atoms with Gasteiger partial charge in [-0.15, -0.1) is 0 Å². The Bertz CT molecular complexity index is 3280. The second-order valence-electron chi connectivity index (χ2n) is 21.5. The van der Waals surface area contributed by atoms with Crippen LogP contribution in [0.4, 0.5) is 22.7 Å². The number of ether oxygens (including phenoxy) is 1. The van der Waals surface area contributed by atoms with E-state index in [1.165, 1.54) is 55.8 Å². The van der Waals surface area contributed by atoms with Crippen LogP contribution in [0.15, 0.2) is 182 Å². The molecule has 3 heterocycles. The molecular formula is C62H62N4O. The Morgan fingerprint density at radius 3 is 1.72 bits per heavy atom. The number of rotatable bonds is 9. The first kappa shape index (κ1) is 43.8. The van der Waals surface area contributed by atoms with Gasteiger partial charge in [0.1, 0.15) is 24.0 Å². The minimum Gasteiger partial charge on any atom is -0.457 e. The Hall–Kier alpha value is -7.11. The molecule has 7 aromatic carbocycles. The van der Waals surface area contributed by atoms with Crippen LogP contribution in [-0.2, 0) is 21.7 Å². The maximum atomic E-state index is 6.86. The van der Waals surface area contributed by atoms with Crippen LogP contribution in [0.3, 0.4) is 0 Å². The van der Waals surface area contributed by atoms with E-state index in [0.29, 0.717) is 6.67 Å². The summed E-state index contributed by atoms with van der Waals surface area (Å²) in [5.41, 5.74) is 14.0. The van der Waals surface area contributed by atoms with Gasteiger partial charge in [0, 0.05) is 51.3 Å². The maximum Gasteiger partial charge on any atom is 0.137 e. The average Bonchev–Trinajstić information content (AvgIpc) is 3.87. The minimum atomic E-state index is -0.211. The summed E-state index contributed by atoms with van der Waals surface area (Å²) in [4.78, 5) is 9.92. The van der Waals surface area contributed by atoms with E-state index in [9.17, 15) is 0 Å². The molecule has 5 heteroatoms. The first-order valence-corrected chi connectivity index (χ1v) is 23.7. The standard InChI is InChI=1S/C62H62N4O/c1-59(2,3)44-28-31-55-57(37-44)64(41-65(55)49-35-46(60(4,5)6)34-47(36-49)62(9,10)43-22-15-12-16-23-43)48-24-19-25-50(39-48)67-51-29-30-53-52-26-17-18-27-54(52)66(56(53)40-51)58-38-45(32-33-63-58)61(7,8)42-20-13-11-14-21-42/h11-40H,41H2,1-10H3. The van der Waals surface area contributed by atoms with E-state index in [-0.39, 0.29) is 21.7 Å². The van der Waals surface area contributed by atoms with Gasteiger partial charge in [-0.05, 0) is 111 Å². The highest BCUT2D eigenvalue weighted by atomic mass is 16.5. The third-order valence-corrected chi connectivity index (χ3v) is 14.2. The highest BCUT2D eigenvalue weighted by Crippen LogP contribution is 2.49. The maximum absolute atomic E-state index is 6.86. The number of nitrogens with zero attached hydrogens (tertiary/aromatic N) is 4. The first-order chi connectivity index (χ1) is 32.0. The van der Waals surface area contributed by atoms with Gasteiger partial charge in [-0.1, -0.05) is 166 Å². The zero-order chi connectivity index (χ0) is 46.9. The molecule has 9 aromatic rings. The van der Waals surface area contributed by atoms with E-state index < -0.39 is 0 Å². The van der Waals surface area contributed by atoms with Crippen molar-refractivity contribution in [3.8, 4) is 17.3 Å². The SMILES string of the molecule is CC(C)(C)c1cc(N2CN(c3cccc(Oc4ccc5c6ccccc6n(-c6cc(C(C)(C)c7ccccc7)ccn6)c5c4)c3)c3cc(C(C)(C)C)ccc32)cc(C(C)(C)c2ccccc2)c1. The number of pyridine rings is 1. The lowest BCUT2D eigenvalue weighted by Crippen LogP contribution is -2.26. The average molecular weight is 879 g/mol. The summed E-state index contributed by atoms with van der Waals surface area (Å²) >= 11 is 0. The number of aromatic nitrogens is 2. The summed E-state index contributed by atoms with van der Waals surface area (Å²) in [6.07, 6.45) is 1.94. The summed E-state index contributed by atoms with van der Waals surface area (Å²) in [5, 5.41) is 2.33. The second kappa shape index (κ2) is 16.3. The fourth-order valence-electron chi connectivity index (χ4n) is 9.81. The number of benzene rings is 7. The molecule has 0 fully saturated rings. The molecule has 0 saturated carbocycles. The Labute approximate surface area is 397 Å². The highest BCUT2D eigenvalue weighted by Gasteiger charge is 2.33. The number of hydrogen-bond acceptors (Lipinski definition) is 4.